The molecule has 1 aromatic carbocycles. The number of benzene rings is 1. The number of carbonyl (C=O) groups excluding carboxylic acids is 2. The molecule has 3 rings (SSSR count). The number of nitrogens with one attached hydrogen (secondary N) is 1. The number of carbonyl (C=O) groups is 2. The molecule has 7 heteroatoms. The molecule has 7 nitrogen and oxygen atoms in total. The van der Waals surface area contributed by atoms with Crippen molar-refractivity contribution in [3.8, 4) is 0 Å². The number of nitrogens with zero attached hydrogens (tertiary/aromatic N) is 1. The van der Waals surface area contributed by atoms with Gasteiger partial charge in [0.15, 0.2) is 0 Å². The quantitative estimate of drug-likeness (QED) is 0.713. The molecule has 0 bridgehead atoms. The maximum absolute atomic E-state index is 12.6. The molecule has 2 amide bonds. The third-order valence-corrected chi connectivity index (χ3v) is 5.07. The Bertz CT molecular complexity index is 849. The van der Waals surface area contributed by atoms with Gasteiger partial charge in [0, 0.05) is 25.6 Å². The largest absolute Gasteiger partial charge is 0.467 e. The van der Waals surface area contributed by atoms with E-state index >= 15 is 0 Å². The van der Waals surface area contributed by atoms with Crippen LogP contribution >= 0.6 is 0 Å². The zero-order valence-corrected chi connectivity index (χ0v) is 18.6. The van der Waals surface area contributed by atoms with Crippen molar-refractivity contribution < 1.29 is 23.5 Å². The highest BCUT2D eigenvalue weighted by molar-refractivity contribution is 5.79. The van der Waals surface area contributed by atoms with Gasteiger partial charge in [-0.25, -0.2) is 4.79 Å². The molecule has 1 saturated heterocycles. The van der Waals surface area contributed by atoms with Gasteiger partial charge >= 0.3 is 6.09 Å². The molecule has 0 radical (unpaired) electrons. The van der Waals surface area contributed by atoms with Crippen molar-refractivity contribution >= 4 is 12.0 Å². The summed E-state index contributed by atoms with van der Waals surface area (Å²) in [4.78, 5) is 26.4. The fraction of sp³-hybridized carbons (Fsp3) is 0.500. The lowest BCUT2D eigenvalue weighted by atomic mass is 9.96. The predicted molar refractivity (Wildman–Crippen MR) is 116 cm³/mol. The molecular formula is C24H32N2O5. The second-order valence-electron chi connectivity index (χ2n) is 8.85. The monoisotopic (exact) mass is 428 g/mol. The number of hydrogen-bond acceptors (Lipinski definition) is 5. The van der Waals surface area contributed by atoms with Crippen LogP contribution in [0.5, 0.6) is 0 Å². The summed E-state index contributed by atoms with van der Waals surface area (Å²) in [6.45, 7) is 8.01. The summed E-state index contributed by atoms with van der Waals surface area (Å²) in [5, 5.41) is 3.03. The minimum Gasteiger partial charge on any atom is -0.467 e. The van der Waals surface area contributed by atoms with Crippen molar-refractivity contribution in [3.63, 3.8) is 0 Å². The van der Waals surface area contributed by atoms with E-state index in [1.165, 1.54) is 0 Å². The molecule has 0 unspecified atom stereocenters. The van der Waals surface area contributed by atoms with Gasteiger partial charge in [0.1, 0.15) is 18.0 Å². The first-order valence-electron chi connectivity index (χ1n) is 10.7. The van der Waals surface area contributed by atoms with Crippen molar-refractivity contribution in [2.45, 2.75) is 59.0 Å². The number of piperidine rings is 1. The van der Waals surface area contributed by atoms with Crippen LogP contribution in [0.2, 0.25) is 0 Å². The summed E-state index contributed by atoms with van der Waals surface area (Å²) in [6, 6.07) is 11.7. The molecule has 1 aromatic heterocycles. The summed E-state index contributed by atoms with van der Waals surface area (Å²) in [6.07, 6.45) is 2.61. The zero-order chi connectivity index (χ0) is 22.3. The minimum atomic E-state index is -0.510. The van der Waals surface area contributed by atoms with E-state index in [9.17, 15) is 9.59 Å². The summed E-state index contributed by atoms with van der Waals surface area (Å²) < 4.78 is 16.3. The van der Waals surface area contributed by atoms with Gasteiger partial charge in [-0.15, -0.1) is 0 Å². The Kier molecular flexibility index (Phi) is 7.74. The Hall–Kier alpha value is -2.80. The van der Waals surface area contributed by atoms with Gasteiger partial charge in [-0.3, -0.25) is 4.79 Å². The molecule has 0 atom stereocenters. The highest BCUT2D eigenvalue weighted by Gasteiger charge is 2.29. The molecule has 1 N–H and O–H groups in total. The Morgan fingerprint density at radius 3 is 2.52 bits per heavy atom. The number of furan rings is 1. The Labute approximate surface area is 183 Å². The molecular weight excluding hydrogens is 396 g/mol. The molecule has 31 heavy (non-hydrogen) atoms. The van der Waals surface area contributed by atoms with Gasteiger partial charge in [0.2, 0.25) is 5.91 Å². The Morgan fingerprint density at radius 2 is 1.84 bits per heavy atom. The van der Waals surface area contributed by atoms with E-state index in [0.29, 0.717) is 45.7 Å². The van der Waals surface area contributed by atoms with Crippen LogP contribution in [0.1, 0.15) is 50.5 Å². The molecule has 1 aliphatic heterocycles. The van der Waals surface area contributed by atoms with E-state index in [1.54, 1.807) is 11.2 Å². The predicted octanol–water partition coefficient (Wildman–Crippen LogP) is 4.26. The average molecular weight is 429 g/mol. The highest BCUT2D eigenvalue weighted by atomic mass is 16.6. The van der Waals surface area contributed by atoms with Crippen LogP contribution in [0.4, 0.5) is 4.79 Å². The maximum Gasteiger partial charge on any atom is 0.410 e. The molecule has 2 heterocycles. The third-order valence-electron chi connectivity index (χ3n) is 5.07. The van der Waals surface area contributed by atoms with Crippen molar-refractivity contribution in [1.29, 1.82) is 0 Å². The fourth-order valence-electron chi connectivity index (χ4n) is 3.48. The molecule has 0 aliphatic carbocycles. The van der Waals surface area contributed by atoms with Crippen LogP contribution in [0, 0.1) is 5.92 Å². The molecule has 1 aliphatic rings. The number of likely N-dealkylation sites (tertiary alicyclic amines) is 1. The average Bonchev–Trinajstić information content (AvgIpc) is 3.25. The number of amides is 2. The fourth-order valence-corrected chi connectivity index (χ4v) is 3.48. The van der Waals surface area contributed by atoms with Crippen molar-refractivity contribution in [3.05, 3.63) is 59.5 Å². The first-order valence-corrected chi connectivity index (χ1v) is 10.7. The Balaban J connectivity index is 1.40. The van der Waals surface area contributed by atoms with E-state index in [0.717, 1.165) is 16.9 Å². The lowest BCUT2D eigenvalue weighted by molar-refractivity contribution is -0.126. The molecule has 0 spiro atoms. The zero-order valence-electron chi connectivity index (χ0n) is 18.6. The van der Waals surface area contributed by atoms with Gasteiger partial charge in [-0.2, -0.15) is 0 Å². The van der Waals surface area contributed by atoms with Crippen LogP contribution in [0.25, 0.3) is 0 Å². The van der Waals surface area contributed by atoms with Crippen LogP contribution in [-0.4, -0.2) is 35.6 Å². The number of ether oxygens (including phenoxy) is 2. The van der Waals surface area contributed by atoms with E-state index < -0.39 is 5.60 Å². The van der Waals surface area contributed by atoms with Gasteiger partial charge in [0.05, 0.1) is 12.9 Å². The van der Waals surface area contributed by atoms with Gasteiger partial charge < -0.3 is 24.1 Å². The summed E-state index contributed by atoms with van der Waals surface area (Å²) in [5.41, 5.74) is 1.56. The van der Waals surface area contributed by atoms with Gasteiger partial charge in [-0.05, 0) is 56.9 Å². The highest BCUT2D eigenvalue weighted by Crippen LogP contribution is 2.20. The topological polar surface area (TPSA) is 81.0 Å². The minimum absolute atomic E-state index is 0.0308. The van der Waals surface area contributed by atoms with Crippen molar-refractivity contribution in [2.75, 3.05) is 13.1 Å². The lowest BCUT2D eigenvalue weighted by Crippen LogP contribution is -2.44. The molecule has 168 valence electrons. The van der Waals surface area contributed by atoms with Gasteiger partial charge in [-0.1, -0.05) is 24.3 Å². The van der Waals surface area contributed by atoms with Gasteiger partial charge in [0.25, 0.3) is 0 Å². The summed E-state index contributed by atoms with van der Waals surface area (Å²) in [7, 11) is 0. The first-order chi connectivity index (χ1) is 14.8. The molecule has 0 saturated carbocycles. The first kappa shape index (κ1) is 22.9. The normalized spacial score (nSPS) is 15.0. The van der Waals surface area contributed by atoms with Crippen molar-refractivity contribution in [2.24, 2.45) is 5.92 Å². The third kappa shape index (κ3) is 7.43. The second-order valence-corrected chi connectivity index (χ2v) is 8.85. The standard InChI is InChI=1S/C24H32N2O5/c1-24(2,3)31-23(28)26-11-9-20(10-12-26)22(27)25-15-18-6-4-7-19(14-18)16-29-17-21-8-5-13-30-21/h4-8,13-14,20H,9-12,15-17H2,1-3H3,(H,25,27). The van der Waals surface area contributed by atoms with Crippen LogP contribution in [0.15, 0.2) is 47.1 Å². The van der Waals surface area contributed by atoms with E-state index in [1.807, 2.05) is 57.2 Å². The molecule has 1 fully saturated rings. The van der Waals surface area contributed by atoms with Crippen LogP contribution in [0.3, 0.4) is 0 Å². The summed E-state index contributed by atoms with van der Waals surface area (Å²) in [5.74, 6) is 0.739. The Morgan fingerprint density at radius 1 is 1.10 bits per heavy atom. The van der Waals surface area contributed by atoms with Crippen molar-refractivity contribution in [1.82, 2.24) is 10.2 Å². The smallest absolute Gasteiger partial charge is 0.410 e. The van der Waals surface area contributed by atoms with Crippen LogP contribution in [-0.2, 0) is 34.0 Å². The second kappa shape index (κ2) is 10.5. The number of rotatable bonds is 7. The van der Waals surface area contributed by atoms with Crippen LogP contribution < -0.4 is 5.32 Å². The van der Waals surface area contributed by atoms with E-state index in [2.05, 4.69) is 5.32 Å². The summed E-state index contributed by atoms with van der Waals surface area (Å²) >= 11 is 0. The number of hydrogen-bond donors (Lipinski definition) is 1. The van der Waals surface area contributed by atoms with E-state index in [4.69, 9.17) is 13.9 Å². The SMILES string of the molecule is CC(C)(C)OC(=O)N1CCC(C(=O)NCc2cccc(COCc3ccco3)c2)CC1. The van der Waals surface area contributed by atoms with E-state index in [-0.39, 0.29) is 17.9 Å². The maximum atomic E-state index is 12.6. The molecule has 2 aromatic rings. The lowest BCUT2D eigenvalue weighted by Gasteiger charge is -2.32.